The van der Waals surface area contributed by atoms with Crippen molar-refractivity contribution in [2.75, 3.05) is 26.8 Å². The number of carbonyl (C=O) groups is 10. The number of Topliss-reactive ketones (excluding diaryl/α,β-unsaturated/α-hetero) is 4. The highest BCUT2D eigenvalue weighted by Crippen LogP contribution is 2.43. The van der Waals surface area contributed by atoms with Crippen LogP contribution in [0.4, 0.5) is 0 Å². The Labute approximate surface area is 623 Å². The van der Waals surface area contributed by atoms with Gasteiger partial charge in [0.2, 0.25) is 13.6 Å². The lowest BCUT2D eigenvalue weighted by Crippen LogP contribution is -2.36. The quantitative estimate of drug-likeness (QED) is 0.0166. The Hall–Kier alpha value is -8.32. The van der Waals surface area contributed by atoms with Crippen LogP contribution in [-0.4, -0.2) is 134 Å². The number of carbonyl (C=O) groups excluding carboxylic acids is 10. The maximum Gasteiger partial charge on any atom is 0.526 e. The number of rotatable bonds is 24. The zero-order chi connectivity index (χ0) is 77.7. The van der Waals surface area contributed by atoms with Crippen LogP contribution in [-0.2, 0) is 82.9 Å². The molecule has 4 aromatic carbocycles. The minimum atomic E-state index is -1.19. The molecular formula is C78H104B4O24. The number of esters is 6. The number of para-hydroxylation sites is 4. The van der Waals surface area contributed by atoms with E-state index in [0.29, 0.717) is 66.9 Å². The molecule has 0 aromatic heterocycles. The monoisotopic (exact) mass is 1470 g/mol. The first-order valence-electron chi connectivity index (χ1n) is 37.2. The molecule has 4 aromatic rings. The van der Waals surface area contributed by atoms with Crippen LogP contribution in [0.1, 0.15) is 237 Å². The first kappa shape index (κ1) is 84.9. The fourth-order valence-electron chi connectivity index (χ4n) is 13.1. The Kier molecular flexibility index (Phi) is 31.7. The van der Waals surface area contributed by atoms with Crippen LogP contribution in [0.2, 0.25) is 23.3 Å². The number of unbranched alkanes of at least 4 members (excludes halogenated alkanes) is 1. The van der Waals surface area contributed by atoms with Gasteiger partial charge >= 0.3 is 64.3 Å². The molecule has 0 amide bonds. The van der Waals surface area contributed by atoms with Crippen molar-refractivity contribution in [3.63, 3.8) is 0 Å². The van der Waals surface area contributed by atoms with Crippen molar-refractivity contribution in [2.45, 2.75) is 222 Å². The first-order chi connectivity index (χ1) is 50.2. The Balaban J connectivity index is 0.000000198. The van der Waals surface area contributed by atoms with Crippen molar-refractivity contribution in [3.8, 4) is 23.0 Å². The van der Waals surface area contributed by atoms with E-state index in [-0.39, 0.29) is 119 Å². The standard InChI is InChI=1S/C22H29BO7.C20H27BO7.C18H23BO5.C18H25BO5/c1-22(2,3)21(26)29-13-28-20(25)17-10-6-9-15-11-16(23(27)30-19(15)17)12-18(24)14-7-4-5-8-14;1-12(2)16(22)10-14-9-13-7-6-8-15(17(13)28-21(14)25)18(23)26-11-27-19(24)20(3,4)5;1-2-23-18(21)15-9-5-8-13-10-14(19(22)24-17(13)15)11-16(20)12-6-3-4-7-12;1-4-5-9-23-18(21)15-8-6-7-13-10-14(11-16(20)12(2)3)19(22)24-17(13)15/h6,9-10,14,16,27H,4-5,7-8,11-13H2,1-3H3;6-8,12,14,25H,9-11H2,1-5H3;5,8-9,12,14,22H,2-4,6-7,10-11H2,1H3;6-8,12,14,22H,4-5,9-11H2,1-3H3/t16-;3*14-/m1111/s1. The summed E-state index contributed by atoms with van der Waals surface area (Å²) in [6, 6.07) is 20.6. The molecule has 10 rings (SSSR count). The summed E-state index contributed by atoms with van der Waals surface area (Å²) in [6.45, 7) is 20.9. The lowest BCUT2D eigenvalue weighted by molar-refractivity contribution is -0.162. The molecule has 106 heavy (non-hydrogen) atoms. The van der Waals surface area contributed by atoms with Crippen LogP contribution in [0.5, 0.6) is 23.0 Å². The maximum atomic E-state index is 12.5. The van der Waals surface area contributed by atoms with Crippen LogP contribution < -0.4 is 18.6 Å². The second-order valence-corrected chi connectivity index (χ2v) is 30.7. The summed E-state index contributed by atoms with van der Waals surface area (Å²) in [5, 5.41) is 41.3. The number of ketones is 4. The molecule has 2 aliphatic carbocycles. The normalized spacial score (nSPS) is 18.1. The highest BCUT2D eigenvalue weighted by atomic mass is 16.7. The molecule has 6 aliphatic rings. The van der Waals surface area contributed by atoms with Crippen molar-refractivity contribution < 1.29 is 115 Å². The molecule has 28 heteroatoms. The average molecular weight is 1470 g/mol. The van der Waals surface area contributed by atoms with Crippen molar-refractivity contribution in [2.24, 2.45) is 34.5 Å². The number of fused-ring (bicyclic) bond motifs is 4. The molecule has 24 nitrogen and oxygen atoms in total. The molecular weight excluding hydrogens is 1360 g/mol. The molecule has 572 valence electrons. The van der Waals surface area contributed by atoms with Gasteiger partial charge < -0.3 is 67.1 Å². The van der Waals surface area contributed by atoms with Crippen LogP contribution in [0, 0.1) is 34.5 Å². The van der Waals surface area contributed by atoms with Crippen LogP contribution in [0.3, 0.4) is 0 Å². The summed E-state index contributed by atoms with van der Waals surface area (Å²) >= 11 is 0. The van der Waals surface area contributed by atoms with E-state index in [4.69, 9.17) is 47.0 Å². The number of ether oxygens (including phenoxy) is 6. The molecule has 2 saturated carbocycles. The Morgan fingerprint density at radius 1 is 0.415 bits per heavy atom. The van der Waals surface area contributed by atoms with Crippen molar-refractivity contribution >= 4 is 87.4 Å². The molecule has 0 bridgehead atoms. The van der Waals surface area contributed by atoms with Crippen molar-refractivity contribution in [3.05, 3.63) is 117 Å². The van der Waals surface area contributed by atoms with E-state index in [2.05, 4.69) is 0 Å². The third-order valence-electron chi connectivity index (χ3n) is 19.5. The van der Waals surface area contributed by atoms with Crippen LogP contribution in [0.25, 0.3) is 0 Å². The highest BCUT2D eigenvalue weighted by molar-refractivity contribution is 6.48. The van der Waals surface area contributed by atoms with E-state index < -0.39 is 88.7 Å². The van der Waals surface area contributed by atoms with Crippen LogP contribution >= 0.6 is 0 Å². The second kappa shape index (κ2) is 39.5. The summed E-state index contributed by atoms with van der Waals surface area (Å²) in [4.78, 5) is 121. The van der Waals surface area contributed by atoms with Gasteiger partial charge in [-0.15, -0.1) is 0 Å². The lowest BCUT2D eigenvalue weighted by atomic mass is 9.64. The van der Waals surface area contributed by atoms with E-state index in [0.717, 1.165) is 80.9 Å². The SMILES string of the molecule is CC(C)(C)C(=O)OCOC(=O)c1cccc2c1OB(O)[C@@H](CC(=O)C1CCCC1)C2.CC(C)C(=O)C[C@H]1Cc2cccc(C(=O)OCOC(=O)C(C)(C)C)c2OB1O.CCCCOC(=O)c1cccc2c1OB(O)[C@@H](CC(=O)C(C)C)C2.CCOC(=O)c1cccc2c1OB(O)[C@@H](CC(=O)C1CCCC1)C2. The van der Waals surface area contributed by atoms with Gasteiger partial charge in [0, 0.05) is 72.6 Å². The fourth-order valence-corrected chi connectivity index (χ4v) is 13.1. The van der Waals surface area contributed by atoms with E-state index >= 15 is 0 Å². The molecule has 2 fully saturated rings. The van der Waals surface area contributed by atoms with Gasteiger partial charge in [-0.3, -0.25) is 28.8 Å². The van der Waals surface area contributed by atoms with Gasteiger partial charge in [0.25, 0.3) is 0 Å². The predicted molar refractivity (Wildman–Crippen MR) is 395 cm³/mol. The molecule has 0 saturated heterocycles. The Morgan fingerprint density at radius 2 is 0.698 bits per heavy atom. The third kappa shape index (κ3) is 23.8. The van der Waals surface area contributed by atoms with Gasteiger partial charge in [0.15, 0.2) is 0 Å². The maximum absolute atomic E-state index is 12.5. The smallest absolute Gasteiger partial charge is 0.526 e. The number of hydrogen-bond acceptors (Lipinski definition) is 24. The van der Waals surface area contributed by atoms with Gasteiger partial charge in [-0.05, 0) is 153 Å². The minimum Gasteiger partial charge on any atom is -0.535 e. The Morgan fingerprint density at radius 3 is 0.972 bits per heavy atom. The van der Waals surface area contributed by atoms with Gasteiger partial charge in [0.1, 0.15) is 68.4 Å². The van der Waals surface area contributed by atoms with Gasteiger partial charge in [-0.25, -0.2) is 19.2 Å². The van der Waals surface area contributed by atoms with E-state index in [1.54, 1.807) is 90.9 Å². The zero-order valence-electron chi connectivity index (χ0n) is 63.4. The van der Waals surface area contributed by atoms with Gasteiger partial charge in [-0.1, -0.05) is 115 Å². The largest absolute Gasteiger partial charge is 0.535 e. The van der Waals surface area contributed by atoms with Gasteiger partial charge in [-0.2, -0.15) is 0 Å². The molecule has 4 atom stereocenters. The second-order valence-electron chi connectivity index (χ2n) is 30.7. The summed E-state index contributed by atoms with van der Waals surface area (Å²) in [5.41, 5.74) is 2.67. The molecule has 4 heterocycles. The minimum absolute atomic E-state index is 0.0485. The third-order valence-corrected chi connectivity index (χ3v) is 19.5. The zero-order valence-corrected chi connectivity index (χ0v) is 63.4. The molecule has 0 radical (unpaired) electrons. The molecule has 4 aliphatic heterocycles. The van der Waals surface area contributed by atoms with E-state index in [9.17, 15) is 68.0 Å². The summed E-state index contributed by atoms with van der Waals surface area (Å²) in [6.07, 6.45) is 12.9. The topological polar surface area (TPSA) is 344 Å². The van der Waals surface area contributed by atoms with Crippen molar-refractivity contribution in [1.29, 1.82) is 0 Å². The van der Waals surface area contributed by atoms with Gasteiger partial charge in [0.05, 0.1) is 24.0 Å². The first-order valence-corrected chi connectivity index (χ1v) is 37.2. The van der Waals surface area contributed by atoms with E-state index in [1.165, 1.54) is 12.1 Å². The summed E-state index contributed by atoms with van der Waals surface area (Å²) in [5.74, 6) is -2.72. The highest BCUT2D eigenvalue weighted by Gasteiger charge is 2.44. The number of benzene rings is 4. The summed E-state index contributed by atoms with van der Waals surface area (Å²) in [7, 11) is -4.53. The molecule has 4 N–H and O–H groups in total. The molecule has 0 spiro atoms. The average Bonchev–Trinajstić information content (AvgIpc) is 0.928. The number of hydrogen-bond donors (Lipinski definition) is 4. The Bertz CT molecular complexity index is 3730. The van der Waals surface area contributed by atoms with E-state index in [1.807, 2.05) is 52.8 Å². The lowest BCUT2D eigenvalue weighted by Gasteiger charge is -2.28. The van der Waals surface area contributed by atoms with Crippen molar-refractivity contribution in [1.82, 2.24) is 0 Å². The fraction of sp³-hybridized carbons (Fsp3) is 0.564. The predicted octanol–water partition coefficient (Wildman–Crippen LogP) is 12.0. The summed E-state index contributed by atoms with van der Waals surface area (Å²) < 4.78 is 52.6. The molecule has 0 unspecified atom stereocenters. The van der Waals surface area contributed by atoms with Crippen LogP contribution in [0.15, 0.2) is 72.8 Å².